The molecule has 0 fully saturated rings. The average Bonchev–Trinajstić information content (AvgIpc) is 2.90. The zero-order chi connectivity index (χ0) is 15.4. The van der Waals surface area contributed by atoms with Gasteiger partial charge in [-0.2, -0.15) is 0 Å². The molecule has 2 rings (SSSR count). The van der Waals surface area contributed by atoms with E-state index in [0.29, 0.717) is 17.2 Å². The SMILES string of the molecule is COc1cc(OC)c(N)c(C(=O)OCc2cn(C)nn2)c1. The molecule has 8 nitrogen and oxygen atoms in total. The van der Waals surface area contributed by atoms with E-state index in [0.717, 1.165) is 0 Å². The number of carbonyl (C=O) groups is 1. The summed E-state index contributed by atoms with van der Waals surface area (Å²) in [5, 5.41) is 7.58. The summed E-state index contributed by atoms with van der Waals surface area (Å²) in [7, 11) is 4.67. The minimum atomic E-state index is -0.588. The summed E-state index contributed by atoms with van der Waals surface area (Å²) in [4.78, 5) is 12.1. The lowest BCUT2D eigenvalue weighted by Gasteiger charge is -2.12. The molecular formula is C13H16N4O4. The third-order valence-electron chi connectivity index (χ3n) is 2.79. The fraction of sp³-hybridized carbons (Fsp3) is 0.308. The summed E-state index contributed by atoms with van der Waals surface area (Å²) >= 11 is 0. The Balaban J connectivity index is 2.18. The predicted octanol–water partition coefficient (Wildman–Crippen LogP) is 0.771. The summed E-state index contributed by atoms with van der Waals surface area (Å²) in [6, 6.07) is 3.09. The summed E-state index contributed by atoms with van der Waals surface area (Å²) in [5.41, 5.74) is 6.79. The van der Waals surface area contributed by atoms with Crippen molar-refractivity contribution in [3.05, 3.63) is 29.6 Å². The normalized spacial score (nSPS) is 10.2. The molecule has 1 aromatic heterocycles. The first-order valence-corrected chi connectivity index (χ1v) is 6.09. The van der Waals surface area contributed by atoms with Crippen molar-refractivity contribution in [1.82, 2.24) is 15.0 Å². The number of nitrogens with zero attached hydrogens (tertiary/aromatic N) is 3. The second-order valence-corrected chi connectivity index (χ2v) is 4.25. The zero-order valence-electron chi connectivity index (χ0n) is 12.0. The highest BCUT2D eigenvalue weighted by molar-refractivity contribution is 5.97. The highest BCUT2D eigenvalue weighted by Crippen LogP contribution is 2.31. The van der Waals surface area contributed by atoms with Crippen molar-refractivity contribution in [2.45, 2.75) is 6.61 Å². The first kappa shape index (κ1) is 14.6. The van der Waals surface area contributed by atoms with E-state index in [1.54, 1.807) is 19.3 Å². The maximum atomic E-state index is 12.1. The number of hydrogen-bond donors (Lipinski definition) is 1. The monoisotopic (exact) mass is 292 g/mol. The van der Waals surface area contributed by atoms with Gasteiger partial charge in [-0.3, -0.25) is 4.68 Å². The van der Waals surface area contributed by atoms with Gasteiger partial charge in [-0.25, -0.2) is 4.79 Å². The number of nitrogen functional groups attached to an aromatic ring is 1. The molecule has 21 heavy (non-hydrogen) atoms. The molecule has 0 atom stereocenters. The van der Waals surface area contributed by atoms with E-state index in [1.165, 1.54) is 25.0 Å². The Hall–Kier alpha value is -2.77. The lowest BCUT2D eigenvalue weighted by molar-refractivity contribution is 0.0468. The van der Waals surface area contributed by atoms with Crippen LogP contribution in [0, 0.1) is 0 Å². The van der Waals surface area contributed by atoms with Gasteiger partial charge in [-0.1, -0.05) is 5.21 Å². The highest BCUT2D eigenvalue weighted by atomic mass is 16.5. The Morgan fingerprint density at radius 3 is 2.67 bits per heavy atom. The van der Waals surface area contributed by atoms with Gasteiger partial charge < -0.3 is 19.9 Å². The first-order valence-electron chi connectivity index (χ1n) is 6.09. The minimum absolute atomic E-state index is 0.00559. The van der Waals surface area contributed by atoms with Crippen LogP contribution in [-0.4, -0.2) is 35.2 Å². The van der Waals surface area contributed by atoms with Gasteiger partial charge in [0.1, 0.15) is 23.8 Å². The Bertz CT molecular complexity index is 654. The Morgan fingerprint density at radius 2 is 2.10 bits per heavy atom. The van der Waals surface area contributed by atoms with E-state index in [4.69, 9.17) is 19.9 Å². The van der Waals surface area contributed by atoms with Gasteiger partial charge in [0.2, 0.25) is 0 Å². The molecular weight excluding hydrogens is 276 g/mol. The minimum Gasteiger partial charge on any atom is -0.497 e. The Labute approximate surface area is 121 Å². The molecule has 0 amide bonds. The van der Waals surface area contributed by atoms with E-state index in [9.17, 15) is 4.79 Å². The number of ether oxygens (including phenoxy) is 3. The third-order valence-corrected chi connectivity index (χ3v) is 2.79. The van der Waals surface area contributed by atoms with Crippen LogP contribution in [0.2, 0.25) is 0 Å². The molecule has 2 aromatic rings. The molecule has 0 aliphatic carbocycles. The van der Waals surface area contributed by atoms with E-state index in [1.807, 2.05) is 0 Å². The van der Waals surface area contributed by atoms with Gasteiger partial charge in [-0.15, -0.1) is 5.10 Å². The number of methoxy groups -OCH3 is 2. The number of carbonyl (C=O) groups excluding carboxylic acids is 1. The maximum Gasteiger partial charge on any atom is 0.340 e. The van der Waals surface area contributed by atoms with E-state index >= 15 is 0 Å². The van der Waals surface area contributed by atoms with Crippen LogP contribution in [0.25, 0.3) is 0 Å². The van der Waals surface area contributed by atoms with Crippen LogP contribution in [0.3, 0.4) is 0 Å². The number of aryl methyl sites for hydroxylation is 1. The first-order chi connectivity index (χ1) is 10.0. The number of benzene rings is 1. The largest absolute Gasteiger partial charge is 0.497 e. The smallest absolute Gasteiger partial charge is 0.340 e. The van der Waals surface area contributed by atoms with Gasteiger partial charge >= 0.3 is 5.97 Å². The quantitative estimate of drug-likeness (QED) is 0.641. The molecule has 8 heteroatoms. The number of esters is 1. The van der Waals surface area contributed by atoms with Crippen LogP contribution in [-0.2, 0) is 18.4 Å². The fourth-order valence-corrected chi connectivity index (χ4v) is 1.74. The molecule has 0 unspecified atom stereocenters. The number of hydrogen-bond acceptors (Lipinski definition) is 7. The molecule has 112 valence electrons. The fourth-order valence-electron chi connectivity index (χ4n) is 1.74. The van der Waals surface area contributed by atoms with Crippen molar-refractivity contribution in [1.29, 1.82) is 0 Å². The van der Waals surface area contributed by atoms with Crippen molar-refractivity contribution in [3.63, 3.8) is 0 Å². The van der Waals surface area contributed by atoms with Crippen LogP contribution in [0.4, 0.5) is 5.69 Å². The van der Waals surface area contributed by atoms with Gasteiger partial charge in [0.05, 0.1) is 31.7 Å². The highest BCUT2D eigenvalue weighted by Gasteiger charge is 2.17. The zero-order valence-corrected chi connectivity index (χ0v) is 12.0. The van der Waals surface area contributed by atoms with E-state index in [-0.39, 0.29) is 17.9 Å². The van der Waals surface area contributed by atoms with Crippen molar-refractivity contribution in [2.75, 3.05) is 20.0 Å². The average molecular weight is 292 g/mol. The van der Waals surface area contributed by atoms with Gasteiger partial charge in [-0.05, 0) is 6.07 Å². The molecule has 0 aliphatic heterocycles. The van der Waals surface area contributed by atoms with Crippen molar-refractivity contribution in [2.24, 2.45) is 7.05 Å². The Kier molecular flexibility index (Phi) is 4.27. The number of aromatic nitrogens is 3. The van der Waals surface area contributed by atoms with Gasteiger partial charge in [0, 0.05) is 13.1 Å². The van der Waals surface area contributed by atoms with Crippen molar-refractivity contribution in [3.8, 4) is 11.5 Å². The molecule has 0 radical (unpaired) electrons. The molecule has 1 aromatic carbocycles. The third kappa shape index (κ3) is 3.22. The molecule has 0 bridgehead atoms. The Morgan fingerprint density at radius 1 is 1.33 bits per heavy atom. The standard InChI is InChI=1S/C13H16N4O4/c1-17-6-8(15-16-17)7-21-13(18)10-4-9(19-2)5-11(20-3)12(10)14/h4-6H,7,14H2,1-3H3. The van der Waals surface area contributed by atoms with Crippen LogP contribution in [0.15, 0.2) is 18.3 Å². The second-order valence-electron chi connectivity index (χ2n) is 4.25. The summed E-state index contributed by atoms with van der Waals surface area (Å²) in [6.07, 6.45) is 1.66. The van der Waals surface area contributed by atoms with Crippen molar-refractivity contribution < 1.29 is 19.0 Å². The van der Waals surface area contributed by atoms with Gasteiger partial charge in [0.15, 0.2) is 0 Å². The number of anilines is 1. The molecule has 2 N–H and O–H groups in total. The van der Waals surface area contributed by atoms with E-state index in [2.05, 4.69) is 10.3 Å². The predicted molar refractivity (Wildman–Crippen MR) is 74.1 cm³/mol. The summed E-state index contributed by atoms with van der Waals surface area (Å²) in [6.45, 7) is 0.00559. The lowest BCUT2D eigenvalue weighted by atomic mass is 10.1. The van der Waals surface area contributed by atoms with Crippen LogP contribution in [0.1, 0.15) is 16.1 Å². The lowest BCUT2D eigenvalue weighted by Crippen LogP contribution is -2.10. The number of rotatable bonds is 5. The summed E-state index contributed by atoms with van der Waals surface area (Å²) < 4.78 is 16.9. The van der Waals surface area contributed by atoms with Crippen LogP contribution in [0.5, 0.6) is 11.5 Å². The topological polar surface area (TPSA) is 101 Å². The molecule has 0 saturated carbocycles. The molecule has 0 saturated heterocycles. The number of nitrogens with two attached hydrogens (primary N) is 1. The van der Waals surface area contributed by atoms with Crippen molar-refractivity contribution >= 4 is 11.7 Å². The summed E-state index contributed by atoms with van der Waals surface area (Å²) in [5.74, 6) is 0.212. The second kappa shape index (κ2) is 6.12. The van der Waals surface area contributed by atoms with E-state index < -0.39 is 5.97 Å². The van der Waals surface area contributed by atoms with Crippen LogP contribution < -0.4 is 15.2 Å². The van der Waals surface area contributed by atoms with Gasteiger partial charge in [0.25, 0.3) is 0 Å². The molecule has 0 aliphatic rings. The maximum absolute atomic E-state index is 12.1. The molecule has 1 heterocycles. The van der Waals surface area contributed by atoms with Crippen LogP contribution >= 0.6 is 0 Å². The molecule has 0 spiro atoms.